The Morgan fingerprint density at radius 2 is 1.77 bits per heavy atom. The second-order valence-electron chi connectivity index (χ2n) is 9.07. The van der Waals surface area contributed by atoms with Crippen molar-refractivity contribution in [2.45, 2.75) is 40.7 Å². The minimum atomic E-state index is -0.817. The van der Waals surface area contributed by atoms with Gasteiger partial charge in [0.05, 0.1) is 35.6 Å². The van der Waals surface area contributed by atoms with Gasteiger partial charge < -0.3 is 19.1 Å². The number of thiazole rings is 1. The highest BCUT2D eigenvalue weighted by Crippen LogP contribution is 2.36. The number of nitrogens with zero attached hydrogens (tertiary/aromatic N) is 3. The molecule has 1 atom stereocenters. The summed E-state index contributed by atoms with van der Waals surface area (Å²) in [5.41, 5.74) is 3.02. The van der Waals surface area contributed by atoms with Crippen LogP contribution in [-0.4, -0.2) is 43.3 Å². The standard InChI is InChI=1S/C30H33N3O6S/c1-7-32(8-2)22-13-10-20(11-14-22)16-25-28(35)33-27(21-12-15-23(39-19(5)34)24(17-21)37-6)26(29(36)38-9-3)18(4)31-30(33)40-25/h10-17,27H,7-9H2,1-6H3/b25-16+/t27-/m1/s1. The Labute approximate surface area is 236 Å². The van der Waals surface area contributed by atoms with Crippen LogP contribution in [0, 0.1) is 0 Å². The normalized spacial score (nSPS) is 14.8. The highest BCUT2D eigenvalue weighted by atomic mass is 32.1. The van der Waals surface area contributed by atoms with Crippen molar-refractivity contribution < 1.29 is 23.8 Å². The van der Waals surface area contributed by atoms with E-state index in [2.05, 4.69) is 23.7 Å². The highest BCUT2D eigenvalue weighted by Gasteiger charge is 2.34. The number of hydrogen-bond acceptors (Lipinski definition) is 9. The van der Waals surface area contributed by atoms with Crippen LogP contribution in [0.1, 0.15) is 51.8 Å². The molecule has 9 nitrogen and oxygen atoms in total. The van der Waals surface area contributed by atoms with Gasteiger partial charge in [-0.25, -0.2) is 9.79 Å². The molecular formula is C30H33N3O6S. The maximum atomic E-state index is 13.9. The fourth-order valence-electron chi connectivity index (χ4n) is 4.72. The van der Waals surface area contributed by atoms with E-state index in [1.807, 2.05) is 30.3 Å². The van der Waals surface area contributed by atoms with Crippen molar-refractivity contribution in [1.82, 2.24) is 4.57 Å². The summed E-state index contributed by atoms with van der Waals surface area (Å²) < 4.78 is 18.1. The lowest BCUT2D eigenvalue weighted by Crippen LogP contribution is -2.40. The number of aromatic nitrogens is 1. The number of esters is 2. The summed E-state index contributed by atoms with van der Waals surface area (Å²) in [6.45, 7) is 11.0. The molecule has 0 N–H and O–H groups in total. The average Bonchev–Trinajstić information content (AvgIpc) is 3.23. The summed E-state index contributed by atoms with van der Waals surface area (Å²) in [5, 5.41) is 0. The average molecular weight is 564 g/mol. The summed E-state index contributed by atoms with van der Waals surface area (Å²) in [4.78, 5) is 45.9. The molecule has 0 saturated heterocycles. The van der Waals surface area contributed by atoms with Crippen LogP contribution < -0.4 is 29.3 Å². The van der Waals surface area contributed by atoms with Gasteiger partial charge in [0.2, 0.25) is 0 Å². The van der Waals surface area contributed by atoms with Crippen molar-refractivity contribution in [3.8, 4) is 11.5 Å². The molecule has 0 fully saturated rings. The van der Waals surface area contributed by atoms with E-state index in [1.165, 1.54) is 29.9 Å². The van der Waals surface area contributed by atoms with Gasteiger partial charge in [-0.1, -0.05) is 29.5 Å². The molecule has 210 valence electrons. The molecule has 1 aliphatic rings. The smallest absolute Gasteiger partial charge is 0.338 e. The first-order valence-electron chi connectivity index (χ1n) is 13.1. The third-order valence-corrected chi connectivity index (χ3v) is 7.58. The Hall–Kier alpha value is -4.18. The van der Waals surface area contributed by atoms with Crippen LogP contribution in [0.15, 0.2) is 63.5 Å². The van der Waals surface area contributed by atoms with Crippen LogP contribution in [0.5, 0.6) is 11.5 Å². The van der Waals surface area contributed by atoms with Crippen LogP contribution in [0.4, 0.5) is 5.69 Å². The third kappa shape index (κ3) is 5.72. The fraction of sp³-hybridized carbons (Fsp3) is 0.333. The van der Waals surface area contributed by atoms with Crippen molar-refractivity contribution in [2.75, 3.05) is 31.7 Å². The molecule has 4 rings (SSSR count). The van der Waals surface area contributed by atoms with Gasteiger partial charge in [-0.05, 0) is 69.2 Å². The lowest BCUT2D eigenvalue weighted by Gasteiger charge is -2.25. The first-order chi connectivity index (χ1) is 19.2. The van der Waals surface area contributed by atoms with E-state index in [-0.39, 0.29) is 23.5 Å². The van der Waals surface area contributed by atoms with Gasteiger partial charge in [-0.2, -0.15) is 0 Å². The minimum absolute atomic E-state index is 0.172. The number of methoxy groups -OCH3 is 1. The Bertz CT molecular complexity index is 1630. The summed E-state index contributed by atoms with van der Waals surface area (Å²) in [5.74, 6) is -0.524. The maximum absolute atomic E-state index is 13.9. The number of carbonyl (C=O) groups excluding carboxylic acids is 2. The molecule has 0 unspecified atom stereocenters. The number of anilines is 1. The number of fused-ring (bicyclic) bond motifs is 1. The number of ether oxygens (including phenoxy) is 3. The fourth-order valence-corrected chi connectivity index (χ4v) is 5.77. The van der Waals surface area contributed by atoms with E-state index in [9.17, 15) is 14.4 Å². The van der Waals surface area contributed by atoms with Gasteiger partial charge in [0.1, 0.15) is 0 Å². The van der Waals surface area contributed by atoms with Crippen LogP contribution in [0.2, 0.25) is 0 Å². The Morgan fingerprint density at radius 3 is 2.38 bits per heavy atom. The Morgan fingerprint density at radius 1 is 1.07 bits per heavy atom. The van der Waals surface area contributed by atoms with Gasteiger partial charge in [-0.15, -0.1) is 0 Å². The van der Waals surface area contributed by atoms with Crippen LogP contribution >= 0.6 is 11.3 Å². The molecule has 0 amide bonds. The second-order valence-corrected chi connectivity index (χ2v) is 10.1. The van der Waals surface area contributed by atoms with Crippen molar-refractivity contribution in [3.05, 3.63) is 84.5 Å². The van der Waals surface area contributed by atoms with E-state index in [0.717, 1.165) is 24.3 Å². The summed E-state index contributed by atoms with van der Waals surface area (Å²) >= 11 is 1.26. The predicted molar refractivity (Wildman–Crippen MR) is 155 cm³/mol. The maximum Gasteiger partial charge on any atom is 0.338 e. The van der Waals surface area contributed by atoms with Crippen molar-refractivity contribution in [1.29, 1.82) is 0 Å². The molecule has 2 aromatic carbocycles. The Balaban J connectivity index is 1.88. The van der Waals surface area contributed by atoms with Gasteiger partial charge >= 0.3 is 11.9 Å². The van der Waals surface area contributed by atoms with Crippen LogP contribution in [-0.2, 0) is 14.3 Å². The van der Waals surface area contributed by atoms with Crippen molar-refractivity contribution in [2.24, 2.45) is 4.99 Å². The topological polar surface area (TPSA) is 99.4 Å². The molecule has 3 aromatic rings. The first-order valence-corrected chi connectivity index (χ1v) is 13.9. The van der Waals surface area contributed by atoms with Crippen LogP contribution in [0.3, 0.4) is 0 Å². The zero-order chi connectivity index (χ0) is 29.0. The lowest BCUT2D eigenvalue weighted by atomic mass is 9.95. The summed E-state index contributed by atoms with van der Waals surface area (Å²) in [6, 6.07) is 12.2. The molecule has 0 bridgehead atoms. The minimum Gasteiger partial charge on any atom is -0.493 e. The molecule has 0 radical (unpaired) electrons. The molecule has 0 spiro atoms. The number of allylic oxidation sites excluding steroid dienone is 1. The van der Waals surface area contributed by atoms with Crippen molar-refractivity contribution in [3.63, 3.8) is 0 Å². The number of rotatable bonds is 9. The summed E-state index contributed by atoms with van der Waals surface area (Å²) in [6.07, 6.45) is 1.83. The van der Waals surface area contributed by atoms with Gasteiger partial charge in [0, 0.05) is 25.7 Å². The Kier molecular flexibility index (Phi) is 8.89. The van der Waals surface area contributed by atoms with E-state index in [0.29, 0.717) is 26.3 Å². The van der Waals surface area contributed by atoms with Gasteiger partial charge in [0.15, 0.2) is 16.3 Å². The molecule has 1 aromatic heterocycles. The first kappa shape index (κ1) is 28.8. The number of hydrogen-bond donors (Lipinski definition) is 0. The molecule has 0 saturated carbocycles. The quantitative estimate of drug-likeness (QED) is 0.290. The van der Waals surface area contributed by atoms with E-state index in [4.69, 9.17) is 14.2 Å². The lowest BCUT2D eigenvalue weighted by molar-refractivity contribution is -0.139. The summed E-state index contributed by atoms with van der Waals surface area (Å²) in [7, 11) is 1.45. The molecular weight excluding hydrogens is 530 g/mol. The van der Waals surface area contributed by atoms with Crippen LogP contribution in [0.25, 0.3) is 6.08 Å². The molecule has 40 heavy (non-hydrogen) atoms. The SMILES string of the molecule is CCOC(=O)C1=C(C)N=c2s/c(=C/c3ccc(N(CC)CC)cc3)c(=O)n2[C@@H]1c1ccc(OC(C)=O)c(OC)c1. The molecule has 10 heteroatoms. The number of benzene rings is 2. The van der Waals surface area contributed by atoms with Gasteiger partial charge in [0.25, 0.3) is 5.56 Å². The van der Waals surface area contributed by atoms with E-state index >= 15 is 0 Å². The largest absolute Gasteiger partial charge is 0.493 e. The third-order valence-electron chi connectivity index (χ3n) is 6.59. The molecule has 1 aliphatic heterocycles. The van der Waals surface area contributed by atoms with Crippen molar-refractivity contribution >= 4 is 35.0 Å². The van der Waals surface area contributed by atoms with E-state index < -0.39 is 18.0 Å². The highest BCUT2D eigenvalue weighted by molar-refractivity contribution is 7.07. The van der Waals surface area contributed by atoms with Gasteiger partial charge in [-0.3, -0.25) is 14.2 Å². The monoisotopic (exact) mass is 563 g/mol. The molecule has 0 aliphatic carbocycles. The zero-order valence-electron chi connectivity index (χ0n) is 23.5. The number of carbonyl (C=O) groups is 2. The van der Waals surface area contributed by atoms with E-state index in [1.54, 1.807) is 32.0 Å². The zero-order valence-corrected chi connectivity index (χ0v) is 24.3. The predicted octanol–water partition coefficient (Wildman–Crippen LogP) is 3.58. The second kappa shape index (κ2) is 12.3. The molecule has 2 heterocycles.